The van der Waals surface area contributed by atoms with Crippen LogP contribution >= 0.6 is 11.6 Å². The maximum Gasteiger partial charge on any atom is 0.231 e. The van der Waals surface area contributed by atoms with Gasteiger partial charge in [-0.2, -0.15) is 0 Å². The first-order chi connectivity index (χ1) is 9.65. The molecular weight excluding hydrogens is 274 g/mol. The van der Waals surface area contributed by atoms with E-state index in [1.54, 1.807) is 18.3 Å². The molecule has 0 saturated carbocycles. The number of amides is 1. The van der Waals surface area contributed by atoms with Crippen LogP contribution in [0.3, 0.4) is 0 Å². The molecule has 1 aliphatic carbocycles. The fourth-order valence-electron chi connectivity index (χ4n) is 2.39. The third-order valence-electron chi connectivity index (χ3n) is 3.43. The minimum Gasteiger partial charge on any atom is -0.325 e. The van der Waals surface area contributed by atoms with Crippen molar-refractivity contribution in [2.24, 2.45) is 11.7 Å². The van der Waals surface area contributed by atoms with Gasteiger partial charge < -0.3 is 11.1 Å². The van der Waals surface area contributed by atoms with Gasteiger partial charge in [-0.15, -0.1) is 0 Å². The molecule has 1 aromatic heterocycles. The van der Waals surface area contributed by atoms with Gasteiger partial charge in [0.2, 0.25) is 5.91 Å². The van der Waals surface area contributed by atoms with Crippen LogP contribution in [0.15, 0.2) is 42.6 Å². The number of fused-ring (bicyclic) bond motifs is 1. The molecule has 102 valence electrons. The number of anilines is 1. The minimum atomic E-state index is -0.174. The second-order valence-corrected chi connectivity index (χ2v) is 5.28. The molecule has 1 aliphatic rings. The number of benzene rings is 1. The van der Waals surface area contributed by atoms with Crippen LogP contribution in [0.1, 0.15) is 6.42 Å². The van der Waals surface area contributed by atoms with Crippen LogP contribution in [-0.4, -0.2) is 16.9 Å². The van der Waals surface area contributed by atoms with E-state index in [2.05, 4.69) is 10.3 Å². The lowest BCUT2D eigenvalue weighted by atomic mass is 10.1. The van der Waals surface area contributed by atoms with Gasteiger partial charge in [0, 0.05) is 17.6 Å². The van der Waals surface area contributed by atoms with Crippen molar-refractivity contribution in [1.29, 1.82) is 0 Å². The highest BCUT2D eigenvalue weighted by molar-refractivity contribution is 6.35. The first kappa shape index (κ1) is 13.1. The first-order valence-electron chi connectivity index (χ1n) is 6.43. The van der Waals surface area contributed by atoms with Crippen LogP contribution in [0.2, 0.25) is 5.02 Å². The summed E-state index contributed by atoms with van der Waals surface area (Å²) >= 11 is 6.11. The molecule has 0 radical (unpaired) electrons. The standard InChI is InChI=1S/C15H14ClN3O/c16-12-5-6-13(11-2-1-7-18-14(11)12)19-15(20)9-3-4-10(17)8-9/h1-7,9-10H,8,17H2,(H,19,20). The second kappa shape index (κ2) is 5.23. The first-order valence-corrected chi connectivity index (χ1v) is 6.81. The van der Waals surface area contributed by atoms with Crippen molar-refractivity contribution in [3.8, 4) is 0 Å². The van der Waals surface area contributed by atoms with E-state index in [9.17, 15) is 4.79 Å². The van der Waals surface area contributed by atoms with Crippen molar-refractivity contribution in [2.45, 2.75) is 12.5 Å². The van der Waals surface area contributed by atoms with Crippen molar-refractivity contribution in [1.82, 2.24) is 4.98 Å². The number of halogens is 1. The smallest absolute Gasteiger partial charge is 0.231 e. The zero-order chi connectivity index (χ0) is 14.1. The van der Waals surface area contributed by atoms with Crippen molar-refractivity contribution < 1.29 is 4.79 Å². The van der Waals surface area contributed by atoms with E-state index in [4.69, 9.17) is 17.3 Å². The molecule has 20 heavy (non-hydrogen) atoms. The van der Waals surface area contributed by atoms with E-state index in [0.717, 1.165) is 11.1 Å². The SMILES string of the molecule is NC1C=CC(C(=O)Nc2ccc(Cl)c3ncccc23)C1. The van der Waals surface area contributed by atoms with E-state index in [1.807, 2.05) is 24.3 Å². The Kier molecular flexibility index (Phi) is 3.42. The Balaban J connectivity index is 1.90. The number of rotatable bonds is 2. The molecule has 0 saturated heterocycles. The lowest BCUT2D eigenvalue weighted by Crippen LogP contribution is -2.24. The summed E-state index contributed by atoms with van der Waals surface area (Å²) in [5.74, 6) is -0.228. The summed E-state index contributed by atoms with van der Waals surface area (Å²) in [6.07, 6.45) is 6.05. The average Bonchev–Trinajstić information content (AvgIpc) is 2.89. The van der Waals surface area contributed by atoms with Gasteiger partial charge in [-0.1, -0.05) is 23.8 Å². The third kappa shape index (κ3) is 2.40. The maximum atomic E-state index is 12.2. The number of carbonyl (C=O) groups is 1. The Morgan fingerprint density at radius 2 is 2.20 bits per heavy atom. The van der Waals surface area contributed by atoms with Crippen molar-refractivity contribution in [2.75, 3.05) is 5.32 Å². The number of hydrogen-bond acceptors (Lipinski definition) is 3. The second-order valence-electron chi connectivity index (χ2n) is 4.87. The Labute approximate surface area is 121 Å². The number of pyridine rings is 1. The van der Waals surface area contributed by atoms with Gasteiger partial charge in [-0.25, -0.2) is 0 Å². The van der Waals surface area contributed by atoms with Gasteiger partial charge in [0.25, 0.3) is 0 Å². The number of aromatic nitrogens is 1. The van der Waals surface area contributed by atoms with Crippen LogP contribution in [0.25, 0.3) is 10.9 Å². The number of nitrogens with two attached hydrogens (primary N) is 1. The predicted molar refractivity (Wildman–Crippen MR) is 80.6 cm³/mol. The highest BCUT2D eigenvalue weighted by atomic mass is 35.5. The lowest BCUT2D eigenvalue weighted by molar-refractivity contribution is -0.118. The quantitative estimate of drug-likeness (QED) is 0.835. The normalized spacial score (nSPS) is 21.3. The molecule has 1 heterocycles. The summed E-state index contributed by atoms with van der Waals surface area (Å²) < 4.78 is 0. The Hall–Kier alpha value is -1.91. The summed E-state index contributed by atoms with van der Waals surface area (Å²) in [6, 6.07) is 7.21. The number of hydrogen-bond donors (Lipinski definition) is 2. The molecule has 0 bridgehead atoms. The summed E-state index contributed by atoms with van der Waals surface area (Å²) in [7, 11) is 0. The van der Waals surface area contributed by atoms with Gasteiger partial charge in [0.15, 0.2) is 0 Å². The van der Waals surface area contributed by atoms with Crippen LogP contribution < -0.4 is 11.1 Å². The zero-order valence-corrected chi connectivity index (χ0v) is 11.5. The van der Waals surface area contributed by atoms with E-state index in [1.165, 1.54) is 0 Å². The molecule has 0 fully saturated rings. The van der Waals surface area contributed by atoms with Crippen LogP contribution in [0, 0.1) is 5.92 Å². The molecule has 3 N–H and O–H groups in total. The van der Waals surface area contributed by atoms with Gasteiger partial charge in [-0.05, 0) is 30.7 Å². The van der Waals surface area contributed by atoms with Gasteiger partial charge in [0.05, 0.1) is 22.1 Å². The zero-order valence-electron chi connectivity index (χ0n) is 10.7. The number of nitrogens with one attached hydrogen (secondary N) is 1. The molecule has 4 nitrogen and oxygen atoms in total. The average molecular weight is 288 g/mol. The molecule has 1 aromatic carbocycles. The molecule has 3 rings (SSSR count). The van der Waals surface area contributed by atoms with Gasteiger partial charge >= 0.3 is 0 Å². The Morgan fingerprint density at radius 1 is 1.35 bits per heavy atom. The van der Waals surface area contributed by atoms with E-state index in [0.29, 0.717) is 17.0 Å². The molecule has 0 aliphatic heterocycles. The summed E-state index contributed by atoms with van der Waals surface area (Å²) in [6.45, 7) is 0. The molecule has 2 unspecified atom stereocenters. The van der Waals surface area contributed by atoms with E-state index < -0.39 is 0 Å². The summed E-state index contributed by atoms with van der Waals surface area (Å²) in [5, 5.41) is 4.33. The Morgan fingerprint density at radius 3 is 2.95 bits per heavy atom. The maximum absolute atomic E-state index is 12.2. The minimum absolute atomic E-state index is 0.0330. The molecule has 0 spiro atoms. The predicted octanol–water partition coefficient (Wildman–Crippen LogP) is 2.73. The third-order valence-corrected chi connectivity index (χ3v) is 3.74. The number of carbonyl (C=O) groups excluding carboxylic acids is 1. The van der Waals surface area contributed by atoms with Crippen LogP contribution in [0.4, 0.5) is 5.69 Å². The van der Waals surface area contributed by atoms with Crippen LogP contribution in [-0.2, 0) is 4.79 Å². The summed E-state index contributed by atoms with van der Waals surface area (Å²) in [4.78, 5) is 16.5. The van der Waals surface area contributed by atoms with Crippen molar-refractivity contribution >= 4 is 34.1 Å². The molecular formula is C15H14ClN3O. The van der Waals surface area contributed by atoms with E-state index >= 15 is 0 Å². The van der Waals surface area contributed by atoms with Gasteiger partial charge in [0.1, 0.15) is 0 Å². The lowest BCUT2D eigenvalue weighted by Gasteiger charge is -2.12. The molecule has 2 atom stereocenters. The Bertz CT molecular complexity index is 699. The highest BCUT2D eigenvalue weighted by Crippen LogP contribution is 2.29. The highest BCUT2D eigenvalue weighted by Gasteiger charge is 2.23. The molecule has 2 aromatic rings. The van der Waals surface area contributed by atoms with Crippen molar-refractivity contribution in [3.63, 3.8) is 0 Å². The van der Waals surface area contributed by atoms with E-state index in [-0.39, 0.29) is 17.9 Å². The van der Waals surface area contributed by atoms with Gasteiger partial charge in [-0.3, -0.25) is 9.78 Å². The largest absolute Gasteiger partial charge is 0.325 e. The fourth-order valence-corrected chi connectivity index (χ4v) is 2.61. The summed E-state index contributed by atoms with van der Waals surface area (Å²) in [5.41, 5.74) is 7.18. The topological polar surface area (TPSA) is 68.0 Å². The molecule has 1 amide bonds. The monoisotopic (exact) mass is 287 g/mol. The fraction of sp³-hybridized carbons (Fsp3) is 0.200. The number of nitrogens with zero attached hydrogens (tertiary/aromatic N) is 1. The van der Waals surface area contributed by atoms with Crippen LogP contribution in [0.5, 0.6) is 0 Å². The van der Waals surface area contributed by atoms with Crippen molar-refractivity contribution in [3.05, 3.63) is 47.6 Å². The molecule has 5 heteroatoms.